The topological polar surface area (TPSA) is 99.8 Å². The molecular weight excluding hydrogens is 346 g/mol. The zero-order valence-corrected chi connectivity index (χ0v) is 15.9. The van der Waals surface area contributed by atoms with Crippen molar-refractivity contribution in [2.24, 2.45) is 0 Å². The van der Waals surface area contributed by atoms with Gasteiger partial charge in [0.2, 0.25) is 0 Å². The Morgan fingerprint density at radius 2 is 2.15 bits per heavy atom. The van der Waals surface area contributed by atoms with Crippen molar-refractivity contribution in [1.29, 1.82) is 0 Å². The molecule has 3 aromatic rings. The van der Waals surface area contributed by atoms with Gasteiger partial charge in [-0.05, 0) is 50.3 Å². The minimum atomic E-state index is -0.196. The fourth-order valence-corrected chi connectivity index (χ4v) is 3.14. The molecule has 2 aromatic heterocycles. The number of carbonyl (C=O) groups is 1. The Kier molecular flexibility index (Phi) is 5.49. The summed E-state index contributed by atoms with van der Waals surface area (Å²) in [6.07, 6.45) is 1.49. The Labute approximate surface area is 157 Å². The number of benzene rings is 1. The maximum Gasteiger partial charge on any atom is 0.258 e. The lowest BCUT2D eigenvalue weighted by molar-refractivity contribution is -0.123. The Balaban J connectivity index is 1.60. The molecule has 1 unspecified atom stereocenters. The molecule has 0 bridgehead atoms. The first kappa shape index (κ1) is 18.6. The third-order valence-corrected chi connectivity index (χ3v) is 4.35. The molecule has 0 saturated carbocycles. The second kappa shape index (κ2) is 7.98. The molecule has 2 heterocycles. The van der Waals surface area contributed by atoms with Crippen LogP contribution < -0.4 is 10.1 Å². The van der Waals surface area contributed by atoms with Gasteiger partial charge >= 0.3 is 0 Å². The minimum Gasteiger partial charge on any atom is -0.484 e. The van der Waals surface area contributed by atoms with E-state index in [0.717, 1.165) is 29.2 Å². The van der Waals surface area contributed by atoms with Crippen LogP contribution in [0.4, 0.5) is 0 Å². The maximum atomic E-state index is 12.3. The molecule has 1 atom stereocenters. The van der Waals surface area contributed by atoms with Gasteiger partial charge in [-0.15, -0.1) is 5.10 Å². The molecule has 0 aliphatic rings. The van der Waals surface area contributed by atoms with E-state index in [-0.39, 0.29) is 18.6 Å². The van der Waals surface area contributed by atoms with E-state index in [1.807, 2.05) is 44.5 Å². The van der Waals surface area contributed by atoms with Crippen LogP contribution in [0.3, 0.4) is 0 Å². The van der Waals surface area contributed by atoms with Crippen molar-refractivity contribution in [3.05, 3.63) is 47.5 Å². The van der Waals surface area contributed by atoms with Gasteiger partial charge in [0.1, 0.15) is 12.1 Å². The summed E-state index contributed by atoms with van der Waals surface area (Å²) in [6, 6.07) is 7.08. The SMILES string of the molecule is CCn1nc(C)c(C(C)NC(=O)COc2cccc(-n3cnnn3)c2)c1C. The summed E-state index contributed by atoms with van der Waals surface area (Å²) >= 11 is 0. The van der Waals surface area contributed by atoms with Crippen molar-refractivity contribution in [3.8, 4) is 11.4 Å². The number of ether oxygens (including phenoxy) is 1. The van der Waals surface area contributed by atoms with Crippen molar-refractivity contribution in [2.45, 2.75) is 40.3 Å². The van der Waals surface area contributed by atoms with Gasteiger partial charge < -0.3 is 10.1 Å². The van der Waals surface area contributed by atoms with Crippen LogP contribution in [-0.4, -0.2) is 42.5 Å². The van der Waals surface area contributed by atoms with Gasteiger partial charge in [0.15, 0.2) is 6.61 Å². The molecular formula is C18H23N7O2. The first-order valence-electron chi connectivity index (χ1n) is 8.79. The summed E-state index contributed by atoms with van der Waals surface area (Å²) < 4.78 is 9.07. The highest BCUT2D eigenvalue weighted by Crippen LogP contribution is 2.21. The highest BCUT2D eigenvalue weighted by molar-refractivity contribution is 5.78. The quantitative estimate of drug-likeness (QED) is 0.681. The number of tetrazole rings is 1. The van der Waals surface area contributed by atoms with E-state index in [4.69, 9.17) is 4.74 Å². The number of amides is 1. The second-order valence-corrected chi connectivity index (χ2v) is 6.23. The fraction of sp³-hybridized carbons (Fsp3) is 0.389. The number of aryl methyl sites for hydroxylation is 2. The van der Waals surface area contributed by atoms with Crippen molar-refractivity contribution < 1.29 is 9.53 Å². The average molecular weight is 369 g/mol. The molecule has 0 fully saturated rings. The molecule has 0 aliphatic heterocycles. The smallest absolute Gasteiger partial charge is 0.258 e. The third kappa shape index (κ3) is 4.13. The molecule has 1 aromatic carbocycles. The van der Waals surface area contributed by atoms with Gasteiger partial charge in [0.05, 0.1) is 17.4 Å². The zero-order chi connectivity index (χ0) is 19.4. The van der Waals surface area contributed by atoms with Crippen molar-refractivity contribution >= 4 is 5.91 Å². The Hall–Kier alpha value is -3.23. The Bertz CT molecular complexity index is 918. The number of hydrogen-bond donors (Lipinski definition) is 1. The number of carbonyl (C=O) groups excluding carboxylic acids is 1. The van der Waals surface area contributed by atoms with E-state index in [1.165, 1.54) is 11.0 Å². The van der Waals surface area contributed by atoms with Crippen LogP contribution in [-0.2, 0) is 11.3 Å². The van der Waals surface area contributed by atoms with E-state index in [2.05, 4.69) is 25.9 Å². The molecule has 0 saturated heterocycles. The largest absolute Gasteiger partial charge is 0.484 e. The molecule has 0 spiro atoms. The fourth-order valence-electron chi connectivity index (χ4n) is 3.14. The molecule has 0 aliphatic carbocycles. The standard InChI is InChI=1S/C18H23N7O2/c1-5-24-14(4)18(13(3)21-24)12(2)20-17(26)10-27-16-8-6-7-15(9-16)25-11-19-22-23-25/h6-9,11-12H,5,10H2,1-4H3,(H,20,26). The van der Waals surface area contributed by atoms with Crippen molar-refractivity contribution in [3.63, 3.8) is 0 Å². The highest BCUT2D eigenvalue weighted by atomic mass is 16.5. The predicted octanol–water partition coefficient (Wildman–Crippen LogP) is 1.75. The summed E-state index contributed by atoms with van der Waals surface area (Å²) in [7, 11) is 0. The summed E-state index contributed by atoms with van der Waals surface area (Å²) in [5.74, 6) is 0.371. The lowest BCUT2D eigenvalue weighted by Crippen LogP contribution is -2.31. The average Bonchev–Trinajstić information content (AvgIpc) is 3.28. The zero-order valence-electron chi connectivity index (χ0n) is 15.9. The van der Waals surface area contributed by atoms with Crippen LogP contribution in [0.15, 0.2) is 30.6 Å². The van der Waals surface area contributed by atoms with Crippen LogP contribution in [0.2, 0.25) is 0 Å². The van der Waals surface area contributed by atoms with Crippen LogP contribution >= 0.6 is 0 Å². The van der Waals surface area contributed by atoms with E-state index in [9.17, 15) is 4.79 Å². The summed E-state index contributed by atoms with van der Waals surface area (Å²) in [5.41, 5.74) is 3.80. The monoisotopic (exact) mass is 369 g/mol. The summed E-state index contributed by atoms with van der Waals surface area (Å²) in [5, 5.41) is 18.5. The van der Waals surface area contributed by atoms with Gasteiger partial charge in [0, 0.05) is 23.9 Å². The second-order valence-electron chi connectivity index (χ2n) is 6.23. The van der Waals surface area contributed by atoms with Crippen LogP contribution in [0.1, 0.15) is 36.8 Å². The number of rotatable bonds is 7. The summed E-state index contributed by atoms with van der Waals surface area (Å²) in [6.45, 7) is 8.69. The summed E-state index contributed by atoms with van der Waals surface area (Å²) in [4.78, 5) is 12.3. The normalized spacial score (nSPS) is 12.0. The highest BCUT2D eigenvalue weighted by Gasteiger charge is 2.19. The number of aromatic nitrogens is 6. The number of hydrogen-bond acceptors (Lipinski definition) is 6. The van der Waals surface area contributed by atoms with E-state index < -0.39 is 0 Å². The number of nitrogens with zero attached hydrogens (tertiary/aromatic N) is 6. The van der Waals surface area contributed by atoms with Crippen molar-refractivity contribution in [2.75, 3.05) is 6.61 Å². The van der Waals surface area contributed by atoms with Gasteiger partial charge in [-0.2, -0.15) is 5.10 Å². The molecule has 142 valence electrons. The van der Waals surface area contributed by atoms with Crippen LogP contribution in [0.5, 0.6) is 5.75 Å². The van der Waals surface area contributed by atoms with Crippen molar-refractivity contribution in [1.82, 2.24) is 35.3 Å². The molecule has 27 heavy (non-hydrogen) atoms. The molecule has 3 rings (SSSR count). The van der Waals surface area contributed by atoms with Crippen LogP contribution in [0, 0.1) is 13.8 Å². The van der Waals surface area contributed by atoms with E-state index >= 15 is 0 Å². The lowest BCUT2D eigenvalue weighted by Gasteiger charge is -2.15. The molecule has 0 radical (unpaired) electrons. The third-order valence-electron chi connectivity index (χ3n) is 4.35. The maximum absolute atomic E-state index is 12.3. The van der Waals surface area contributed by atoms with Gasteiger partial charge in [-0.3, -0.25) is 9.48 Å². The van der Waals surface area contributed by atoms with Gasteiger partial charge in [-0.1, -0.05) is 6.07 Å². The van der Waals surface area contributed by atoms with E-state index in [1.54, 1.807) is 12.1 Å². The number of nitrogens with one attached hydrogen (secondary N) is 1. The molecule has 9 nitrogen and oxygen atoms in total. The molecule has 9 heteroatoms. The van der Waals surface area contributed by atoms with Crippen LogP contribution in [0.25, 0.3) is 5.69 Å². The molecule has 1 amide bonds. The predicted molar refractivity (Wildman–Crippen MR) is 98.6 cm³/mol. The van der Waals surface area contributed by atoms with Gasteiger partial charge in [-0.25, -0.2) is 4.68 Å². The first-order valence-corrected chi connectivity index (χ1v) is 8.79. The Morgan fingerprint density at radius 1 is 1.33 bits per heavy atom. The van der Waals surface area contributed by atoms with Gasteiger partial charge in [0.25, 0.3) is 5.91 Å². The minimum absolute atomic E-state index is 0.0799. The first-order chi connectivity index (χ1) is 13.0. The Morgan fingerprint density at radius 3 is 2.81 bits per heavy atom. The lowest BCUT2D eigenvalue weighted by atomic mass is 10.1. The molecule has 1 N–H and O–H groups in total. The van der Waals surface area contributed by atoms with E-state index in [0.29, 0.717) is 5.75 Å².